The molecule has 0 saturated heterocycles. The molecule has 0 aliphatic rings. The molecule has 3 rings (SSSR count). The first kappa shape index (κ1) is 20.8. The number of nitro benzene ring substituents is 1. The molecule has 0 saturated carbocycles. The van der Waals surface area contributed by atoms with Crippen molar-refractivity contribution in [1.29, 1.82) is 0 Å². The predicted octanol–water partition coefficient (Wildman–Crippen LogP) is 4.76. The van der Waals surface area contributed by atoms with Crippen LogP contribution in [-0.2, 0) is 4.79 Å². The molecule has 1 aromatic heterocycles. The smallest absolute Gasteiger partial charge is 0.273 e. The standard InChI is InChI=1S/C18H15Cl2N3O6/c19-12-7-10(8-13(20)17(12)28-6-2-1-3-16(24)22-25)18-21-14-5-4-11(23(26)27)9-15(14)29-18/h4-5,7-9,25H,1-3,6H2,(H,22,24). The van der Waals surface area contributed by atoms with Crippen molar-refractivity contribution in [3.8, 4) is 17.2 Å². The summed E-state index contributed by atoms with van der Waals surface area (Å²) >= 11 is 12.5. The average molecular weight is 440 g/mol. The molecular formula is C18H15Cl2N3O6. The zero-order valence-electron chi connectivity index (χ0n) is 14.9. The maximum absolute atomic E-state index is 10.9. The van der Waals surface area contributed by atoms with Crippen LogP contribution in [0.5, 0.6) is 5.75 Å². The first-order valence-electron chi connectivity index (χ1n) is 8.49. The van der Waals surface area contributed by atoms with Gasteiger partial charge in [-0.3, -0.25) is 20.1 Å². The molecule has 0 fully saturated rings. The zero-order valence-corrected chi connectivity index (χ0v) is 16.4. The van der Waals surface area contributed by atoms with E-state index in [-0.39, 0.29) is 46.0 Å². The number of ether oxygens (including phenoxy) is 1. The van der Waals surface area contributed by atoms with Crippen LogP contribution in [0, 0.1) is 10.1 Å². The number of hydrogen-bond acceptors (Lipinski definition) is 7. The fraction of sp³-hybridized carbons (Fsp3) is 0.222. The third-order valence-corrected chi connectivity index (χ3v) is 4.56. The second-order valence-electron chi connectivity index (χ2n) is 6.04. The summed E-state index contributed by atoms with van der Waals surface area (Å²) in [6.45, 7) is 0.282. The van der Waals surface area contributed by atoms with E-state index in [0.717, 1.165) is 0 Å². The Labute approximate surface area is 174 Å². The molecule has 0 aliphatic carbocycles. The number of nitrogens with zero attached hydrogens (tertiary/aromatic N) is 2. The van der Waals surface area contributed by atoms with Gasteiger partial charge in [0.25, 0.3) is 5.69 Å². The fourth-order valence-electron chi connectivity index (χ4n) is 2.59. The second-order valence-corrected chi connectivity index (χ2v) is 6.85. The number of benzene rings is 2. The van der Waals surface area contributed by atoms with Crippen LogP contribution in [0.4, 0.5) is 5.69 Å². The van der Waals surface area contributed by atoms with E-state index in [2.05, 4.69) is 4.98 Å². The molecule has 0 atom stereocenters. The number of oxazole rings is 1. The van der Waals surface area contributed by atoms with E-state index in [4.69, 9.17) is 37.6 Å². The van der Waals surface area contributed by atoms with Crippen LogP contribution in [0.3, 0.4) is 0 Å². The Morgan fingerprint density at radius 3 is 2.62 bits per heavy atom. The molecule has 0 unspecified atom stereocenters. The van der Waals surface area contributed by atoms with Gasteiger partial charge in [-0.2, -0.15) is 0 Å². The van der Waals surface area contributed by atoms with Crippen LogP contribution in [0.15, 0.2) is 34.7 Å². The van der Waals surface area contributed by atoms with Gasteiger partial charge < -0.3 is 9.15 Å². The van der Waals surface area contributed by atoms with E-state index in [1.54, 1.807) is 17.6 Å². The van der Waals surface area contributed by atoms with Crippen molar-refractivity contribution in [2.24, 2.45) is 0 Å². The van der Waals surface area contributed by atoms with Crippen LogP contribution < -0.4 is 10.2 Å². The van der Waals surface area contributed by atoms with E-state index < -0.39 is 10.8 Å². The van der Waals surface area contributed by atoms with Gasteiger partial charge in [-0.1, -0.05) is 23.2 Å². The largest absolute Gasteiger partial charge is 0.490 e. The van der Waals surface area contributed by atoms with Gasteiger partial charge in [0, 0.05) is 18.1 Å². The molecule has 2 aromatic carbocycles. The molecule has 0 spiro atoms. The number of fused-ring (bicyclic) bond motifs is 1. The summed E-state index contributed by atoms with van der Waals surface area (Å²) in [6, 6.07) is 7.28. The number of carbonyl (C=O) groups is 1. The van der Waals surface area contributed by atoms with Gasteiger partial charge in [-0.25, -0.2) is 10.5 Å². The number of non-ortho nitro benzene ring substituents is 1. The SMILES string of the molecule is O=C(CCCCOc1c(Cl)cc(-c2nc3ccc([N+](=O)[O-])cc3o2)cc1Cl)NO. The van der Waals surface area contributed by atoms with Crippen molar-refractivity contribution in [1.82, 2.24) is 10.5 Å². The number of amides is 1. The van der Waals surface area contributed by atoms with Gasteiger partial charge in [0.05, 0.1) is 27.6 Å². The van der Waals surface area contributed by atoms with Gasteiger partial charge in [-0.15, -0.1) is 0 Å². The Morgan fingerprint density at radius 1 is 1.24 bits per heavy atom. The normalized spacial score (nSPS) is 10.9. The number of hydroxylamine groups is 1. The minimum absolute atomic E-state index is 0.100. The molecule has 0 bridgehead atoms. The fourth-order valence-corrected chi connectivity index (χ4v) is 3.19. The molecule has 1 heterocycles. The van der Waals surface area contributed by atoms with Crippen LogP contribution in [0.25, 0.3) is 22.6 Å². The minimum atomic E-state index is -0.516. The Hall–Kier alpha value is -2.88. The summed E-state index contributed by atoms with van der Waals surface area (Å²) in [5.74, 6) is 0.0374. The second kappa shape index (κ2) is 9.08. The first-order chi connectivity index (χ1) is 13.9. The number of unbranched alkanes of at least 4 members (excludes halogenated alkanes) is 1. The van der Waals surface area contributed by atoms with Crippen LogP contribution in [0.1, 0.15) is 19.3 Å². The molecule has 0 radical (unpaired) electrons. The molecule has 1 amide bonds. The lowest BCUT2D eigenvalue weighted by atomic mass is 10.2. The van der Waals surface area contributed by atoms with E-state index in [1.165, 1.54) is 18.2 Å². The van der Waals surface area contributed by atoms with Gasteiger partial charge in [-0.05, 0) is 31.0 Å². The lowest BCUT2D eigenvalue weighted by Crippen LogP contribution is -2.18. The van der Waals surface area contributed by atoms with Gasteiger partial charge in [0.1, 0.15) is 5.52 Å². The first-order valence-corrected chi connectivity index (χ1v) is 9.24. The van der Waals surface area contributed by atoms with Gasteiger partial charge >= 0.3 is 0 Å². The van der Waals surface area contributed by atoms with E-state index in [9.17, 15) is 14.9 Å². The highest BCUT2D eigenvalue weighted by Gasteiger charge is 2.16. The molecule has 29 heavy (non-hydrogen) atoms. The minimum Gasteiger partial charge on any atom is -0.490 e. The van der Waals surface area contributed by atoms with Crippen molar-refractivity contribution in [3.05, 3.63) is 50.5 Å². The third-order valence-electron chi connectivity index (χ3n) is 4.00. The lowest BCUT2D eigenvalue weighted by Gasteiger charge is -2.11. The number of hydrogen-bond donors (Lipinski definition) is 2. The molecule has 3 aromatic rings. The Bertz CT molecular complexity index is 1050. The summed E-state index contributed by atoms with van der Waals surface area (Å²) in [7, 11) is 0. The van der Waals surface area contributed by atoms with Crippen LogP contribution >= 0.6 is 23.2 Å². The Morgan fingerprint density at radius 2 is 1.97 bits per heavy atom. The molecule has 9 nitrogen and oxygen atoms in total. The lowest BCUT2D eigenvalue weighted by molar-refractivity contribution is -0.384. The highest BCUT2D eigenvalue weighted by molar-refractivity contribution is 6.37. The van der Waals surface area contributed by atoms with E-state index >= 15 is 0 Å². The van der Waals surface area contributed by atoms with E-state index in [0.29, 0.717) is 23.9 Å². The van der Waals surface area contributed by atoms with Crippen molar-refractivity contribution in [3.63, 3.8) is 0 Å². The van der Waals surface area contributed by atoms with Crippen LogP contribution in [-0.4, -0.2) is 27.6 Å². The van der Waals surface area contributed by atoms with Crippen molar-refractivity contribution < 1.29 is 24.1 Å². The van der Waals surface area contributed by atoms with Crippen molar-refractivity contribution >= 4 is 45.9 Å². The number of aromatic nitrogens is 1. The maximum Gasteiger partial charge on any atom is 0.273 e. The molecule has 0 aliphatic heterocycles. The highest BCUT2D eigenvalue weighted by Crippen LogP contribution is 2.38. The third kappa shape index (κ3) is 4.94. The van der Waals surface area contributed by atoms with Crippen LogP contribution in [0.2, 0.25) is 10.0 Å². The van der Waals surface area contributed by atoms with E-state index in [1.807, 2.05) is 0 Å². The number of rotatable bonds is 8. The molecule has 152 valence electrons. The topological polar surface area (TPSA) is 128 Å². The zero-order chi connectivity index (χ0) is 21.0. The summed E-state index contributed by atoms with van der Waals surface area (Å²) in [5.41, 5.74) is 2.69. The molecule has 2 N–H and O–H groups in total. The number of nitro groups is 1. The highest BCUT2D eigenvalue weighted by atomic mass is 35.5. The Kier molecular flexibility index (Phi) is 6.53. The number of halogens is 2. The Balaban J connectivity index is 1.74. The summed E-state index contributed by atoms with van der Waals surface area (Å²) in [4.78, 5) is 25.6. The van der Waals surface area contributed by atoms with Crippen molar-refractivity contribution in [2.75, 3.05) is 6.61 Å². The predicted molar refractivity (Wildman–Crippen MR) is 105 cm³/mol. The van der Waals surface area contributed by atoms with Gasteiger partial charge in [0.15, 0.2) is 11.3 Å². The average Bonchev–Trinajstić information content (AvgIpc) is 3.12. The maximum atomic E-state index is 10.9. The number of carbonyl (C=O) groups excluding carboxylic acids is 1. The summed E-state index contributed by atoms with van der Waals surface area (Å²) in [6.07, 6.45) is 1.26. The van der Waals surface area contributed by atoms with Gasteiger partial charge in [0.2, 0.25) is 11.8 Å². The quantitative estimate of drug-likeness (QED) is 0.224. The molecule has 11 heteroatoms. The summed E-state index contributed by atoms with van der Waals surface area (Å²) < 4.78 is 11.2. The van der Waals surface area contributed by atoms with Crippen molar-refractivity contribution in [2.45, 2.75) is 19.3 Å². The summed E-state index contributed by atoms with van der Waals surface area (Å²) in [5, 5.41) is 19.8. The monoisotopic (exact) mass is 439 g/mol. The number of nitrogens with one attached hydrogen (secondary N) is 1. The molecular weight excluding hydrogens is 425 g/mol.